The number of unbranched alkanes of at least 4 members (excludes halogenated alkanes) is 1. The third kappa shape index (κ3) is 8.71. The van der Waals surface area contributed by atoms with Crippen LogP contribution in [0.5, 0.6) is 0 Å². The first-order chi connectivity index (χ1) is 9.75. The monoisotopic (exact) mass is 300 g/mol. The van der Waals surface area contributed by atoms with Gasteiger partial charge in [0.1, 0.15) is 11.5 Å². The van der Waals surface area contributed by atoms with Gasteiger partial charge in [0.05, 0.1) is 0 Å². The Kier molecular flexibility index (Phi) is 9.26. The number of nitrogens with two attached hydrogens (primary N) is 1. The van der Waals surface area contributed by atoms with Crippen molar-refractivity contribution in [1.82, 2.24) is 5.32 Å². The Morgan fingerprint density at radius 3 is 2.29 bits per heavy atom. The molecule has 0 aromatic carbocycles. The van der Waals surface area contributed by atoms with Gasteiger partial charge < -0.3 is 15.8 Å². The van der Waals surface area contributed by atoms with Crippen LogP contribution in [0.3, 0.4) is 0 Å². The van der Waals surface area contributed by atoms with Crippen molar-refractivity contribution in [3.8, 4) is 0 Å². The minimum Gasteiger partial charge on any atom is -0.459 e. The first-order valence-corrected chi connectivity index (χ1v) is 7.95. The fraction of sp³-hybridized carbons (Fsp3) is 0.875. The molecule has 5 heteroatoms. The van der Waals surface area contributed by atoms with Crippen LogP contribution in [0.1, 0.15) is 60.3 Å². The van der Waals surface area contributed by atoms with Gasteiger partial charge in [-0.1, -0.05) is 33.1 Å². The molecule has 0 saturated heterocycles. The van der Waals surface area contributed by atoms with Crippen LogP contribution in [0, 0.1) is 11.8 Å². The summed E-state index contributed by atoms with van der Waals surface area (Å²) in [5, 5.41) is 2.84. The van der Waals surface area contributed by atoms with Gasteiger partial charge >= 0.3 is 5.97 Å². The lowest BCUT2D eigenvalue weighted by molar-refractivity contribution is -0.162. The smallest absolute Gasteiger partial charge is 0.320 e. The number of esters is 1. The van der Waals surface area contributed by atoms with Crippen LogP contribution >= 0.6 is 0 Å². The molecule has 0 bridgehead atoms. The van der Waals surface area contributed by atoms with Crippen LogP contribution < -0.4 is 11.1 Å². The maximum atomic E-state index is 12.1. The zero-order valence-corrected chi connectivity index (χ0v) is 14.2. The van der Waals surface area contributed by atoms with E-state index in [0.29, 0.717) is 12.5 Å². The zero-order chi connectivity index (χ0) is 16.5. The molecule has 5 nitrogen and oxygen atoms in total. The van der Waals surface area contributed by atoms with Crippen LogP contribution in [-0.4, -0.2) is 30.6 Å². The van der Waals surface area contributed by atoms with E-state index in [1.54, 1.807) is 20.8 Å². The van der Waals surface area contributed by atoms with Gasteiger partial charge in [-0.3, -0.25) is 9.59 Å². The number of nitrogens with one attached hydrogen (secondary N) is 1. The summed E-state index contributed by atoms with van der Waals surface area (Å²) in [6, 6.07) is 0. The lowest BCUT2D eigenvalue weighted by Gasteiger charge is -2.23. The molecule has 0 aliphatic carbocycles. The minimum atomic E-state index is -0.923. The quantitative estimate of drug-likeness (QED) is 0.505. The number of ether oxygens (including phenoxy) is 1. The largest absolute Gasteiger partial charge is 0.459 e. The lowest BCUT2D eigenvalue weighted by atomic mass is 9.99. The van der Waals surface area contributed by atoms with Gasteiger partial charge in [-0.05, 0) is 33.1 Å². The maximum Gasteiger partial charge on any atom is 0.320 e. The number of carbonyl (C=O) groups is 2. The first kappa shape index (κ1) is 19.9. The van der Waals surface area contributed by atoms with Gasteiger partial charge in [0.15, 0.2) is 0 Å². The van der Waals surface area contributed by atoms with E-state index >= 15 is 0 Å². The number of carbonyl (C=O) groups excluding carboxylic acids is 2. The van der Waals surface area contributed by atoms with E-state index in [1.165, 1.54) is 0 Å². The molecule has 0 rings (SSSR count). The summed E-state index contributed by atoms with van der Waals surface area (Å²) >= 11 is 0. The SMILES string of the molecule is CCCCC(CC)CNC(=O)C(CN)C(=O)OC(C)(C)C. The van der Waals surface area contributed by atoms with E-state index in [-0.39, 0.29) is 12.5 Å². The summed E-state index contributed by atoms with van der Waals surface area (Å²) in [7, 11) is 0. The highest BCUT2D eigenvalue weighted by molar-refractivity contribution is 5.98. The fourth-order valence-corrected chi connectivity index (χ4v) is 1.99. The van der Waals surface area contributed by atoms with Gasteiger partial charge in [-0.25, -0.2) is 0 Å². The topological polar surface area (TPSA) is 81.4 Å². The van der Waals surface area contributed by atoms with Crippen LogP contribution in [0.4, 0.5) is 0 Å². The van der Waals surface area contributed by atoms with Crippen molar-refractivity contribution in [3.05, 3.63) is 0 Å². The second kappa shape index (κ2) is 9.77. The molecule has 0 saturated carbocycles. The molecule has 0 radical (unpaired) electrons. The van der Waals surface area contributed by atoms with Crippen LogP contribution in [-0.2, 0) is 14.3 Å². The Morgan fingerprint density at radius 1 is 1.24 bits per heavy atom. The molecule has 3 N–H and O–H groups in total. The van der Waals surface area contributed by atoms with Crippen LogP contribution in [0.2, 0.25) is 0 Å². The molecule has 0 fully saturated rings. The van der Waals surface area contributed by atoms with E-state index in [4.69, 9.17) is 10.5 Å². The summed E-state index contributed by atoms with van der Waals surface area (Å²) in [5.74, 6) is -1.36. The average Bonchev–Trinajstić information content (AvgIpc) is 2.37. The predicted octanol–water partition coefficient (Wildman–Crippen LogP) is 2.24. The van der Waals surface area contributed by atoms with Gasteiger partial charge in [0.2, 0.25) is 5.91 Å². The maximum absolute atomic E-state index is 12.1. The molecule has 0 spiro atoms. The number of rotatable bonds is 9. The molecule has 124 valence electrons. The standard InChI is InChI=1S/C16H32N2O3/c1-6-8-9-12(7-2)11-18-14(19)13(10-17)15(20)21-16(3,4)5/h12-13H,6-11,17H2,1-5H3,(H,18,19). The molecule has 2 unspecified atom stereocenters. The van der Waals surface area contributed by atoms with Gasteiger partial charge in [0.25, 0.3) is 0 Å². The van der Waals surface area contributed by atoms with Crippen LogP contribution in [0.25, 0.3) is 0 Å². The molecule has 0 heterocycles. The summed E-state index contributed by atoms with van der Waals surface area (Å²) in [6.45, 7) is 10.1. The van der Waals surface area contributed by atoms with Crippen molar-refractivity contribution >= 4 is 11.9 Å². The van der Waals surface area contributed by atoms with Crippen molar-refractivity contribution in [2.24, 2.45) is 17.6 Å². The zero-order valence-electron chi connectivity index (χ0n) is 14.2. The van der Waals surface area contributed by atoms with Gasteiger partial charge in [0, 0.05) is 13.1 Å². The lowest BCUT2D eigenvalue weighted by Crippen LogP contribution is -2.44. The highest BCUT2D eigenvalue weighted by atomic mass is 16.6. The molecular weight excluding hydrogens is 268 g/mol. The third-order valence-electron chi connectivity index (χ3n) is 3.35. The Labute approximate surface area is 129 Å². The summed E-state index contributed by atoms with van der Waals surface area (Å²) in [4.78, 5) is 24.1. The average molecular weight is 300 g/mol. The van der Waals surface area contributed by atoms with Crippen LogP contribution in [0.15, 0.2) is 0 Å². The van der Waals surface area contributed by atoms with E-state index in [0.717, 1.165) is 25.7 Å². The fourth-order valence-electron chi connectivity index (χ4n) is 1.99. The Hall–Kier alpha value is -1.10. The van der Waals surface area contributed by atoms with E-state index in [9.17, 15) is 9.59 Å². The van der Waals surface area contributed by atoms with Crippen molar-refractivity contribution in [2.45, 2.75) is 65.9 Å². The normalized spacial score (nSPS) is 14.4. The van der Waals surface area contributed by atoms with E-state index < -0.39 is 17.5 Å². The minimum absolute atomic E-state index is 0.0352. The predicted molar refractivity (Wildman–Crippen MR) is 84.7 cm³/mol. The second-order valence-corrected chi connectivity index (χ2v) is 6.48. The van der Waals surface area contributed by atoms with Crippen molar-refractivity contribution in [3.63, 3.8) is 0 Å². The number of hydrogen-bond acceptors (Lipinski definition) is 4. The van der Waals surface area contributed by atoms with Crippen molar-refractivity contribution in [2.75, 3.05) is 13.1 Å². The second-order valence-electron chi connectivity index (χ2n) is 6.48. The molecule has 0 aliphatic heterocycles. The first-order valence-electron chi connectivity index (χ1n) is 7.95. The molecule has 1 amide bonds. The van der Waals surface area contributed by atoms with Crippen molar-refractivity contribution < 1.29 is 14.3 Å². The van der Waals surface area contributed by atoms with E-state index in [2.05, 4.69) is 19.2 Å². The van der Waals surface area contributed by atoms with Crippen molar-refractivity contribution in [1.29, 1.82) is 0 Å². The highest BCUT2D eigenvalue weighted by Crippen LogP contribution is 2.13. The van der Waals surface area contributed by atoms with Gasteiger partial charge in [-0.15, -0.1) is 0 Å². The number of hydrogen-bond donors (Lipinski definition) is 2. The summed E-state index contributed by atoms with van der Waals surface area (Å²) in [6.07, 6.45) is 4.40. The molecule has 0 aromatic heterocycles. The highest BCUT2D eigenvalue weighted by Gasteiger charge is 2.30. The number of amides is 1. The Bertz CT molecular complexity index is 324. The molecule has 0 aliphatic rings. The molecule has 21 heavy (non-hydrogen) atoms. The third-order valence-corrected chi connectivity index (χ3v) is 3.35. The Morgan fingerprint density at radius 2 is 1.86 bits per heavy atom. The van der Waals surface area contributed by atoms with E-state index in [1.807, 2.05) is 0 Å². The van der Waals surface area contributed by atoms with Gasteiger partial charge in [-0.2, -0.15) is 0 Å². The summed E-state index contributed by atoms with van der Waals surface area (Å²) in [5.41, 5.74) is 4.94. The molecular formula is C16H32N2O3. The molecule has 2 atom stereocenters. The summed E-state index contributed by atoms with van der Waals surface area (Å²) < 4.78 is 5.23. The molecule has 0 aromatic rings. The Balaban J connectivity index is 4.41.